The van der Waals surface area contributed by atoms with E-state index < -0.39 is 4.33 Å². The van der Waals surface area contributed by atoms with E-state index in [2.05, 4.69) is 22.0 Å². The van der Waals surface area contributed by atoms with Crippen LogP contribution in [0.2, 0.25) is 0 Å². The third kappa shape index (κ3) is 1.50. The van der Waals surface area contributed by atoms with Gasteiger partial charge in [-0.3, -0.25) is 0 Å². The highest BCUT2D eigenvalue weighted by atomic mass is 79.9. The third-order valence-corrected chi connectivity index (χ3v) is 3.66. The van der Waals surface area contributed by atoms with E-state index in [9.17, 15) is 0 Å². The van der Waals surface area contributed by atoms with Gasteiger partial charge in [-0.2, -0.15) is 0 Å². The van der Waals surface area contributed by atoms with Gasteiger partial charge in [0.25, 0.3) is 0 Å². The van der Waals surface area contributed by atoms with Crippen molar-refractivity contribution in [2.24, 2.45) is 0 Å². The summed E-state index contributed by atoms with van der Waals surface area (Å²) in [6, 6.07) is 8.06. The minimum atomic E-state index is -0.524. The molecule has 1 aliphatic carbocycles. The Morgan fingerprint density at radius 3 is 2.42 bits per heavy atom. The summed E-state index contributed by atoms with van der Waals surface area (Å²) in [4.78, 5) is 0. The van der Waals surface area contributed by atoms with E-state index in [1.54, 1.807) is 0 Å². The summed E-state index contributed by atoms with van der Waals surface area (Å²) in [5.41, 5.74) is 1.21. The second-order valence-electron chi connectivity index (χ2n) is 3.04. The highest BCUT2D eigenvalue weighted by Gasteiger charge is 2.52. The van der Waals surface area contributed by atoms with Crippen LogP contribution in [0.25, 0.3) is 0 Å². The highest BCUT2D eigenvalue weighted by molar-refractivity contribution is 9.10. The summed E-state index contributed by atoms with van der Waals surface area (Å²) in [7, 11) is 0. The lowest BCUT2D eigenvalue weighted by Gasteiger charge is -2.02. The molecule has 0 nitrogen and oxygen atoms in total. The van der Waals surface area contributed by atoms with Crippen molar-refractivity contribution in [3.63, 3.8) is 0 Å². The van der Waals surface area contributed by atoms with Crippen LogP contribution in [0, 0.1) is 0 Å². The summed E-state index contributed by atoms with van der Waals surface area (Å²) < 4.78 is 0.572. The Hall–Kier alpha value is 0.280. The van der Waals surface area contributed by atoms with Crippen molar-refractivity contribution in [3.05, 3.63) is 34.3 Å². The Bertz CT molecular complexity index is 309. The molecule has 12 heavy (non-hydrogen) atoms. The first-order valence-electron chi connectivity index (χ1n) is 3.73. The van der Waals surface area contributed by atoms with Gasteiger partial charge >= 0.3 is 0 Å². The Balaban J connectivity index is 2.31. The summed E-state index contributed by atoms with van der Waals surface area (Å²) in [5.74, 6) is 0.302. The molecule has 1 aromatic rings. The van der Waals surface area contributed by atoms with Crippen molar-refractivity contribution in [2.45, 2.75) is 16.7 Å². The molecule has 0 amide bonds. The number of rotatable bonds is 1. The van der Waals surface area contributed by atoms with Crippen LogP contribution in [0.3, 0.4) is 0 Å². The SMILES string of the molecule is ClC1(Cl)CC1c1ccccc1Br. The van der Waals surface area contributed by atoms with E-state index in [1.165, 1.54) is 5.56 Å². The molecule has 0 N–H and O–H groups in total. The molecule has 1 unspecified atom stereocenters. The van der Waals surface area contributed by atoms with Crippen LogP contribution in [0.1, 0.15) is 17.9 Å². The number of hydrogen-bond donors (Lipinski definition) is 0. The van der Waals surface area contributed by atoms with Crippen molar-refractivity contribution < 1.29 is 0 Å². The fraction of sp³-hybridized carbons (Fsp3) is 0.333. The van der Waals surface area contributed by atoms with Crippen molar-refractivity contribution in [3.8, 4) is 0 Å². The molecule has 0 saturated heterocycles. The zero-order valence-corrected chi connectivity index (χ0v) is 9.33. The minimum Gasteiger partial charge on any atom is -0.101 e. The fourth-order valence-corrected chi connectivity index (χ4v) is 2.41. The summed E-state index contributed by atoms with van der Waals surface area (Å²) >= 11 is 15.4. The lowest BCUT2D eigenvalue weighted by atomic mass is 10.1. The molecule has 64 valence electrons. The van der Waals surface area contributed by atoms with E-state index in [4.69, 9.17) is 23.2 Å². The molecule has 0 spiro atoms. The van der Waals surface area contributed by atoms with Crippen LogP contribution in [0.5, 0.6) is 0 Å². The van der Waals surface area contributed by atoms with Gasteiger partial charge in [-0.15, -0.1) is 23.2 Å². The molecule has 2 rings (SSSR count). The van der Waals surface area contributed by atoms with E-state index >= 15 is 0 Å². The maximum absolute atomic E-state index is 5.96. The van der Waals surface area contributed by atoms with E-state index in [1.807, 2.05) is 18.2 Å². The van der Waals surface area contributed by atoms with Crippen molar-refractivity contribution in [2.75, 3.05) is 0 Å². The topological polar surface area (TPSA) is 0 Å². The second kappa shape index (κ2) is 2.90. The van der Waals surface area contributed by atoms with E-state index in [0.717, 1.165) is 10.9 Å². The first-order valence-corrected chi connectivity index (χ1v) is 5.28. The number of halogens is 3. The van der Waals surface area contributed by atoms with Crippen LogP contribution < -0.4 is 0 Å². The lowest BCUT2D eigenvalue weighted by molar-refractivity contribution is 1.09. The van der Waals surface area contributed by atoms with Crippen molar-refractivity contribution in [1.82, 2.24) is 0 Å². The molecule has 0 bridgehead atoms. The standard InChI is InChI=1S/C9H7BrCl2/c10-8-4-2-1-3-6(8)7-5-9(7,11)12/h1-4,7H,5H2. The normalized spacial score (nSPS) is 25.4. The van der Waals surface area contributed by atoms with Crippen LogP contribution in [-0.4, -0.2) is 4.33 Å². The maximum atomic E-state index is 5.96. The van der Waals surface area contributed by atoms with Gasteiger partial charge in [-0.1, -0.05) is 34.1 Å². The van der Waals surface area contributed by atoms with Gasteiger partial charge < -0.3 is 0 Å². The Morgan fingerprint density at radius 2 is 1.92 bits per heavy atom. The van der Waals surface area contributed by atoms with Gasteiger partial charge in [-0.25, -0.2) is 0 Å². The predicted octanol–water partition coefficient (Wildman–Crippen LogP) is 4.11. The van der Waals surface area contributed by atoms with E-state index in [0.29, 0.717) is 5.92 Å². The van der Waals surface area contributed by atoms with Gasteiger partial charge in [0.2, 0.25) is 0 Å². The molecule has 1 aromatic carbocycles. The van der Waals surface area contributed by atoms with Crippen LogP contribution in [0.15, 0.2) is 28.7 Å². The average molecular weight is 266 g/mol. The minimum absolute atomic E-state index is 0.302. The monoisotopic (exact) mass is 264 g/mol. The van der Waals surface area contributed by atoms with Crippen molar-refractivity contribution in [1.29, 1.82) is 0 Å². The zero-order chi connectivity index (χ0) is 8.77. The lowest BCUT2D eigenvalue weighted by Crippen LogP contribution is -1.90. The highest BCUT2D eigenvalue weighted by Crippen LogP contribution is 2.60. The summed E-state index contributed by atoms with van der Waals surface area (Å²) in [5, 5.41) is 0. The number of hydrogen-bond acceptors (Lipinski definition) is 0. The average Bonchev–Trinajstić information content (AvgIpc) is 2.61. The number of alkyl halides is 2. The molecule has 1 saturated carbocycles. The molecule has 0 radical (unpaired) electrons. The van der Waals surface area contributed by atoms with Gasteiger partial charge in [0.15, 0.2) is 0 Å². The van der Waals surface area contributed by atoms with Gasteiger partial charge in [0.05, 0.1) is 0 Å². The molecule has 0 aromatic heterocycles. The van der Waals surface area contributed by atoms with Crippen LogP contribution in [0.4, 0.5) is 0 Å². The Morgan fingerprint density at radius 1 is 1.33 bits per heavy atom. The molecule has 1 atom stereocenters. The Kier molecular flexibility index (Phi) is 2.14. The molecule has 0 aliphatic heterocycles. The summed E-state index contributed by atoms with van der Waals surface area (Å²) in [6.07, 6.45) is 0.860. The molecule has 3 heteroatoms. The fourth-order valence-electron chi connectivity index (χ4n) is 1.31. The largest absolute Gasteiger partial charge is 0.126 e. The Labute approximate surface area is 90.0 Å². The van der Waals surface area contributed by atoms with Crippen LogP contribution in [-0.2, 0) is 0 Å². The first kappa shape index (κ1) is 8.86. The number of benzene rings is 1. The molecule has 1 aliphatic rings. The summed E-state index contributed by atoms with van der Waals surface area (Å²) in [6.45, 7) is 0. The van der Waals surface area contributed by atoms with Gasteiger partial charge in [0, 0.05) is 10.4 Å². The maximum Gasteiger partial charge on any atom is 0.126 e. The molecule has 0 heterocycles. The molecule has 1 fully saturated rings. The third-order valence-electron chi connectivity index (χ3n) is 2.11. The predicted molar refractivity (Wildman–Crippen MR) is 55.9 cm³/mol. The van der Waals surface area contributed by atoms with Crippen molar-refractivity contribution >= 4 is 39.1 Å². The smallest absolute Gasteiger partial charge is 0.101 e. The molecular weight excluding hydrogens is 259 g/mol. The quantitative estimate of drug-likeness (QED) is 0.671. The zero-order valence-electron chi connectivity index (χ0n) is 6.23. The van der Waals surface area contributed by atoms with Gasteiger partial charge in [0.1, 0.15) is 4.33 Å². The van der Waals surface area contributed by atoms with Gasteiger partial charge in [-0.05, 0) is 18.1 Å². The van der Waals surface area contributed by atoms with E-state index in [-0.39, 0.29) is 0 Å². The first-order chi connectivity index (χ1) is 5.61. The van der Waals surface area contributed by atoms with Crippen LogP contribution >= 0.6 is 39.1 Å². The second-order valence-corrected chi connectivity index (χ2v) is 5.44. The molecular formula is C9H7BrCl2.